The third kappa shape index (κ3) is 7.74. The summed E-state index contributed by atoms with van der Waals surface area (Å²) in [6.07, 6.45) is 0. The molecule has 0 heterocycles. The van der Waals surface area contributed by atoms with Gasteiger partial charge in [0.15, 0.2) is 0 Å². The Morgan fingerprint density at radius 1 is 0.283 bits per heavy atom. The Morgan fingerprint density at radius 3 is 0.700 bits per heavy atom. The molecule has 6 unspecified atom stereocenters. The molecule has 0 fully saturated rings. The van der Waals surface area contributed by atoms with Gasteiger partial charge in [0.05, 0.1) is 72.9 Å². The largest absolute Gasteiger partial charge is 0.496 e. The van der Waals surface area contributed by atoms with Crippen molar-refractivity contribution in [3.63, 3.8) is 0 Å². The van der Waals surface area contributed by atoms with E-state index in [1.54, 1.807) is 42.7 Å². The molecule has 60 heavy (non-hydrogen) atoms. The monoisotopic (exact) mass is 809 g/mol. The van der Waals surface area contributed by atoms with Crippen LogP contribution in [0.2, 0.25) is 0 Å². The highest BCUT2D eigenvalue weighted by Gasteiger charge is 2.27. The molecule has 0 saturated heterocycles. The first-order valence-corrected chi connectivity index (χ1v) is 19.8. The van der Waals surface area contributed by atoms with E-state index in [1.165, 1.54) is 0 Å². The van der Waals surface area contributed by atoms with E-state index >= 15 is 0 Å². The zero-order valence-electron chi connectivity index (χ0n) is 35.2. The standard InChI is InChI=1S/C49H55N5O6/c1-26-27-8-14-40(56-3)34(20-27)46(51)29-10-16-42(58-5)36(22-29)48(53)31-12-18-44(60-7)38(24-31)49(54)32-13-19-43(59-6)37(25-32)47(52)30-11-17-41(57-4)35(23-30)45(50)28-9-15-39(55-2)33(26)21-28/h8-26,45-49H,50-54H2,1-7H3. The summed E-state index contributed by atoms with van der Waals surface area (Å²) in [5.74, 6) is 3.73. The van der Waals surface area contributed by atoms with E-state index in [-0.39, 0.29) is 5.92 Å². The molecule has 0 radical (unpaired) electrons. The molecule has 1 aliphatic carbocycles. The van der Waals surface area contributed by atoms with Gasteiger partial charge in [0.25, 0.3) is 0 Å². The van der Waals surface area contributed by atoms with E-state index in [0.29, 0.717) is 28.7 Å². The van der Waals surface area contributed by atoms with Gasteiger partial charge in [0.2, 0.25) is 0 Å². The number of fused-ring (bicyclic) bond motifs is 12. The van der Waals surface area contributed by atoms with Crippen LogP contribution in [0.5, 0.6) is 34.5 Å². The molecule has 11 nitrogen and oxygen atoms in total. The third-order valence-electron chi connectivity index (χ3n) is 12.0. The summed E-state index contributed by atoms with van der Waals surface area (Å²) in [6, 6.07) is 32.4. The maximum Gasteiger partial charge on any atom is 0.123 e. The van der Waals surface area contributed by atoms with Gasteiger partial charge in [-0.1, -0.05) is 43.3 Å². The number of ether oxygens (including phenoxy) is 6. The summed E-state index contributed by atoms with van der Waals surface area (Å²) in [6.45, 7) is 2.13. The minimum atomic E-state index is -0.623. The van der Waals surface area contributed by atoms with Gasteiger partial charge >= 0.3 is 0 Å². The molecule has 0 spiro atoms. The molecule has 6 aromatic rings. The lowest BCUT2D eigenvalue weighted by Crippen LogP contribution is -2.20. The molecule has 11 heteroatoms. The number of nitrogens with two attached hydrogens (primary N) is 5. The minimum Gasteiger partial charge on any atom is -0.496 e. The van der Waals surface area contributed by atoms with Crippen molar-refractivity contribution in [2.45, 2.75) is 43.1 Å². The predicted octanol–water partition coefficient (Wildman–Crippen LogP) is 7.44. The SMILES string of the molecule is COc1ccc2cc1C(C)c1ccc(OC)c(c1)C(N)c1ccc(OC)c(c1)C(N)c1ccc(OC)c(c1)C(N)c1ccc(OC)c(c1)C(N)c1ccc(OC)c(c1)C2N. The second-order valence-electron chi connectivity index (χ2n) is 15.1. The van der Waals surface area contributed by atoms with Gasteiger partial charge in [0, 0.05) is 39.3 Å². The van der Waals surface area contributed by atoms with Crippen LogP contribution in [-0.2, 0) is 0 Å². The molecular weight excluding hydrogens is 755 g/mol. The summed E-state index contributed by atoms with van der Waals surface area (Å²) in [5.41, 5.74) is 45.6. The quantitative estimate of drug-likeness (QED) is 0.113. The van der Waals surface area contributed by atoms with E-state index in [1.807, 2.05) is 97.1 Å². The van der Waals surface area contributed by atoms with Crippen molar-refractivity contribution in [1.29, 1.82) is 0 Å². The van der Waals surface area contributed by atoms with E-state index in [4.69, 9.17) is 57.1 Å². The molecule has 0 aromatic heterocycles. The number of hydrogen-bond donors (Lipinski definition) is 5. The van der Waals surface area contributed by atoms with Crippen molar-refractivity contribution in [2.75, 3.05) is 42.7 Å². The summed E-state index contributed by atoms with van der Waals surface area (Å²) in [5, 5.41) is 0. The maximum absolute atomic E-state index is 7.16. The van der Waals surface area contributed by atoms with Crippen LogP contribution in [0.15, 0.2) is 109 Å². The Balaban J connectivity index is 1.47. The number of rotatable bonds is 6. The molecule has 312 valence electrons. The van der Waals surface area contributed by atoms with Crippen LogP contribution >= 0.6 is 0 Å². The maximum atomic E-state index is 7.16. The fourth-order valence-corrected chi connectivity index (χ4v) is 8.38. The average Bonchev–Trinajstić information content (AvgIpc) is 3.30. The van der Waals surface area contributed by atoms with E-state index in [9.17, 15) is 0 Å². The van der Waals surface area contributed by atoms with Gasteiger partial charge in [0.1, 0.15) is 34.5 Å². The highest BCUT2D eigenvalue weighted by molar-refractivity contribution is 5.56. The van der Waals surface area contributed by atoms with Crippen LogP contribution in [0.25, 0.3) is 0 Å². The van der Waals surface area contributed by atoms with Crippen molar-refractivity contribution in [3.05, 3.63) is 176 Å². The Morgan fingerprint density at radius 2 is 0.467 bits per heavy atom. The van der Waals surface area contributed by atoms with Crippen molar-refractivity contribution in [3.8, 4) is 34.5 Å². The van der Waals surface area contributed by atoms with Gasteiger partial charge in [-0.25, -0.2) is 0 Å². The van der Waals surface area contributed by atoms with Crippen LogP contribution in [0.1, 0.15) is 110 Å². The number of hydrogen-bond acceptors (Lipinski definition) is 11. The highest BCUT2D eigenvalue weighted by atomic mass is 16.5. The van der Waals surface area contributed by atoms with Crippen LogP contribution < -0.4 is 57.1 Å². The molecular formula is C49H55N5O6. The van der Waals surface area contributed by atoms with E-state index in [0.717, 1.165) is 72.5 Å². The zero-order chi connectivity index (χ0) is 42.8. The summed E-state index contributed by atoms with van der Waals surface area (Å²) >= 11 is 0. The number of methoxy groups -OCH3 is 6. The minimum absolute atomic E-state index is 0.133. The van der Waals surface area contributed by atoms with Gasteiger partial charge in [-0.3, -0.25) is 0 Å². The van der Waals surface area contributed by atoms with Gasteiger partial charge in [-0.2, -0.15) is 0 Å². The molecule has 0 amide bonds. The first-order chi connectivity index (χ1) is 29.0. The molecule has 6 aromatic carbocycles. The van der Waals surface area contributed by atoms with Gasteiger partial charge < -0.3 is 57.1 Å². The highest BCUT2D eigenvalue weighted by Crippen LogP contribution is 2.42. The van der Waals surface area contributed by atoms with E-state index in [2.05, 4.69) is 19.1 Å². The fraction of sp³-hybridized carbons (Fsp3) is 0.265. The molecule has 1 aliphatic rings. The van der Waals surface area contributed by atoms with E-state index < -0.39 is 30.2 Å². The first-order valence-electron chi connectivity index (χ1n) is 19.8. The molecule has 7 rings (SSSR count). The topological polar surface area (TPSA) is 185 Å². The average molecular weight is 810 g/mol. The Kier molecular flexibility index (Phi) is 12.4. The zero-order valence-corrected chi connectivity index (χ0v) is 35.2. The second kappa shape index (κ2) is 17.6. The Labute approximate surface area is 352 Å². The van der Waals surface area contributed by atoms with Gasteiger partial charge in [-0.15, -0.1) is 0 Å². The van der Waals surface area contributed by atoms with Crippen molar-refractivity contribution in [1.82, 2.24) is 0 Å². The normalized spacial score (nSPS) is 20.0. The van der Waals surface area contributed by atoms with Crippen LogP contribution in [0.4, 0.5) is 0 Å². The van der Waals surface area contributed by atoms with Crippen molar-refractivity contribution >= 4 is 0 Å². The summed E-state index contributed by atoms with van der Waals surface area (Å²) in [7, 11) is 9.82. The lowest BCUT2D eigenvalue weighted by Gasteiger charge is -2.25. The molecule has 6 atom stereocenters. The van der Waals surface area contributed by atoms with Crippen molar-refractivity contribution < 1.29 is 28.4 Å². The third-order valence-corrected chi connectivity index (χ3v) is 12.0. The Bertz CT molecular complexity index is 2060. The van der Waals surface area contributed by atoms with Crippen molar-refractivity contribution in [2.24, 2.45) is 28.7 Å². The molecule has 0 aliphatic heterocycles. The summed E-state index contributed by atoms with van der Waals surface area (Å²) < 4.78 is 35.3. The van der Waals surface area contributed by atoms with Gasteiger partial charge in [-0.05, 0) is 106 Å². The lowest BCUT2D eigenvalue weighted by atomic mass is 9.85. The second-order valence-corrected chi connectivity index (χ2v) is 15.1. The van der Waals surface area contributed by atoms with Crippen LogP contribution in [-0.4, -0.2) is 42.7 Å². The Hall–Kier alpha value is -6.08. The molecule has 0 saturated carbocycles. The fourth-order valence-electron chi connectivity index (χ4n) is 8.38. The smallest absolute Gasteiger partial charge is 0.123 e. The number of benzene rings is 6. The summed E-state index contributed by atoms with van der Waals surface area (Å²) in [4.78, 5) is 0. The van der Waals surface area contributed by atoms with Crippen LogP contribution in [0, 0.1) is 0 Å². The van der Waals surface area contributed by atoms with Crippen LogP contribution in [0.3, 0.4) is 0 Å². The first kappa shape index (κ1) is 42.1. The molecule has 12 bridgehead atoms. The lowest BCUT2D eigenvalue weighted by molar-refractivity contribution is 0.404. The predicted molar refractivity (Wildman–Crippen MR) is 236 cm³/mol. The molecule has 10 N–H and O–H groups in total.